The molecule has 3 rings (SSSR count). The van der Waals surface area contributed by atoms with Crippen LogP contribution in [0, 0.1) is 0 Å². The molecule has 1 aromatic carbocycles. The fraction of sp³-hybridized carbons (Fsp3) is 0.167. The molecule has 0 radical (unpaired) electrons. The molecule has 2 heterocycles. The van der Waals surface area contributed by atoms with Crippen molar-refractivity contribution in [2.75, 3.05) is 23.0 Å². The molecule has 3 aromatic rings. The summed E-state index contributed by atoms with van der Waals surface area (Å²) in [6.45, 7) is 2.03. The van der Waals surface area contributed by atoms with Crippen LogP contribution in [0.1, 0.15) is 27.8 Å². The van der Waals surface area contributed by atoms with Crippen LogP contribution < -0.4 is 10.6 Å². The minimum atomic E-state index is -0.424. The SMILES string of the molecule is CCOC(=O)c1ccc(NC(=O)CSc2nnc(NC(=O)c3ccco3)s2)cc1. The maximum atomic E-state index is 12.1. The van der Waals surface area contributed by atoms with Crippen molar-refractivity contribution < 1.29 is 23.5 Å². The average molecular weight is 432 g/mol. The van der Waals surface area contributed by atoms with Gasteiger partial charge in [-0.05, 0) is 43.3 Å². The quantitative estimate of drug-likeness (QED) is 0.316. The molecule has 0 saturated carbocycles. The number of aromatic nitrogens is 2. The van der Waals surface area contributed by atoms with Gasteiger partial charge in [0.1, 0.15) is 0 Å². The molecule has 0 fully saturated rings. The van der Waals surface area contributed by atoms with E-state index in [1.165, 1.54) is 24.1 Å². The van der Waals surface area contributed by atoms with Crippen molar-refractivity contribution in [3.63, 3.8) is 0 Å². The van der Waals surface area contributed by atoms with Crippen LogP contribution in [-0.2, 0) is 9.53 Å². The molecular weight excluding hydrogens is 416 g/mol. The second kappa shape index (κ2) is 9.85. The monoisotopic (exact) mass is 432 g/mol. The Labute approximate surface area is 173 Å². The zero-order valence-electron chi connectivity index (χ0n) is 15.2. The number of amides is 2. The molecule has 150 valence electrons. The minimum Gasteiger partial charge on any atom is -0.462 e. The van der Waals surface area contributed by atoms with E-state index in [1.54, 1.807) is 37.3 Å². The van der Waals surface area contributed by atoms with Gasteiger partial charge in [0.15, 0.2) is 10.1 Å². The fourth-order valence-corrected chi connectivity index (χ4v) is 3.66. The number of carbonyl (C=O) groups excluding carboxylic acids is 3. The van der Waals surface area contributed by atoms with Crippen molar-refractivity contribution in [3.05, 3.63) is 54.0 Å². The molecule has 29 heavy (non-hydrogen) atoms. The summed E-state index contributed by atoms with van der Waals surface area (Å²) in [5.41, 5.74) is 0.976. The standard InChI is InChI=1S/C18H16N4O5S2/c1-2-26-16(25)11-5-7-12(8-6-11)19-14(23)10-28-18-22-21-17(29-18)20-15(24)13-4-3-9-27-13/h3-9H,2,10H2,1H3,(H,19,23)(H,20,21,24). The van der Waals surface area contributed by atoms with Gasteiger partial charge in [0.25, 0.3) is 5.91 Å². The largest absolute Gasteiger partial charge is 0.462 e. The Morgan fingerprint density at radius 1 is 1.14 bits per heavy atom. The van der Waals surface area contributed by atoms with Crippen molar-refractivity contribution in [1.82, 2.24) is 10.2 Å². The van der Waals surface area contributed by atoms with Gasteiger partial charge in [-0.25, -0.2) is 4.79 Å². The van der Waals surface area contributed by atoms with Crippen LogP contribution in [0.25, 0.3) is 0 Å². The second-order valence-electron chi connectivity index (χ2n) is 5.44. The summed E-state index contributed by atoms with van der Waals surface area (Å²) in [4.78, 5) is 35.6. The number of thioether (sulfide) groups is 1. The van der Waals surface area contributed by atoms with Gasteiger partial charge in [0.05, 0.1) is 24.2 Å². The van der Waals surface area contributed by atoms with Crippen LogP contribution >= 0.6 is 23.1 Å². The van der Waals surface area contributed by atoms with Crippen LogP contribution in [0.3, 0.4) is 0 Å². The molecule has 0 aliphatic rings. The lowest BCUT2D eigenvalue weighted by Crippen LogP contribution is -2.14. The Morgan fingerprint density at radius 3 is 2.62 bits per heavy atom. The van der Waals surface area contributed by atoms with Crippen molar-refractivity contribution in [2.45, 2.75) is 11.3 Å². The van der Waals surface area contributed by atoms with Gasteiger partial charge >= 0.3 is 5.97 Å². The fourth-order valence-electron chi connectivity index (χ4n) is 2.11. The number of hydrogen-bond acceptors (Lipinski definition) is 9. The lowest BCUT2D eigenvalue weighted by Gasteiger charge is -2.05. The third kappa shape index (κ3) is 5.90. The van der Waals surface area contributed by atoms with Gasteiger partial charge < -0.3 is 14.5 Å². The van der Waals surface area contributed by atoms with Crippen LogP contribution in [0.2, 0.25) is 0 Å². The van der Waals surface area contributed by atoms with E-state index in [-0.39, 0.29) is 17.4 Å². The van der Waals surface area contributed by atoms with E-state index in [2.05, 4.69) is 20.8 Å². The highest BCUT2D eigenvalue weighted by molar-refractivity contribution is 8.01. The molecule has 0 unspecified atom stereocenters. The number of rotatable bonds is 8. The van der Waals surface area contributed by atoms with Gasteiger partial charge in [-0.15, -0.1) is 10.2 Å². The third-order valence-electron chi connectivity index (χ3n) is 3.38. The van der Waals surface area contributed by atoms with E-state index in [4.69, 9.17) is 9.15 Å². The molecule has 0 atom stereocenters. The van der Waals surface area contributed by atoms with E-state index >= 15 is 0 Å². The summed E-state index contributed by atoms with van der Waals surface area (Å²) in [6, 6.07) is 9.57. The Morgan fingerprint density at radius 2 is 1.93 bits per heavy atom. The molecule has 11 heteroatoms. The predicted molar refractivity (Wildman–Crippen MR) is 108 cm³/mol. The number of furan rings is 1. The first kappa shape index (κ1) is 20.6. The number of ether oxygens (including phenoxy) is 1. The molecule has 2 N–H and O–H groups in total. The number of carbonyl (C=O) groups is 3. The summed E-state index contributed by atoms with van der Waals surface area (Å²) in [5, 5.41) is 13.4. The highest BCUT2D eigenvalue weighted by Crippen LogP contribution is 2.26. The molecule has 2 aromatic heterocycles. The van der Waals surface area contributed by atoms with E-state index in [1.807, 2.05) is 0 Å². The van der Waals surface area contributed by atoms with Crippen molar-refractivity contribution in [1.29, 1.82) is 0 Å². The van der Waals surface area contributed by atoms with Gasteiger partial charge in [-0.3, -0.25) is 14.9 Å². The normalized spacial score (nSPS) is 10.4. The molecular formula is C18H16N4O5S2. The third-order valence-corrected chi connectivity index (χ3v) is 5.35. The Hall–Kier alpha value is -3.18. The summed E-state index contributed by atoms with van der Waals surface area (Å²) >= 11 is 2.34. The zero-order valence-corrected chi connectivity index (χ0v) is 16.8. The number of hydrogen-bond donors (Lipinski definition) is 2. The molecule has 0 bridgehead atoms. The summed E-state index contributed by atoms with van der Waals surface area (Å²) < 4.78 is 10.4. The molecule has 0 saturated heterocycles. The lowest BCUT2D eigenvalue weighted by molar-refractivity contribution is -0.113. The molecule has 0 aliphatic carbocycles. The molecule has 9 nitrogen and oxygen atoms in total. The first-order chi connectivity index (χ1) is 14.0. The Bertz CT molecular complexity index is 986. The molecule has 0 aliphatic heterocycles. The van der Waals surface area contributed by atoms with Gasteiger partial charge in [0.2, 0.25) is 11.0 Å². The smallest absolute Gasteiger partial charge is 0.338 e. The number of esters is 1. The van der Waals surface area contributed by atoms with Crippen molar-refractivity contribution in [3.8, 4) is 0 Å². The number of nitrogens with zero attached hydrogens (tertiary/aromatic N) is 2. The summed E-state index contributed by atoms with van der Waals surface area (Å²) in [5.74, 6) is -0.794. The van der Waals surface area contributed by atoms with Crippen LogP contribution in [0.5, 0.6) is 0 Å². The van der Waals surface area contributed by atoms with Gasteiger partial charge in [0, 0.05) is 5.69 Å². The summed E-state index contributed by atoms with van der Waals surface area (Å²) in [6.07, 6.45) is 1.40. The van der Waals surface area contributed by atoms with Crippen molar-refractivity contribution in [2.24, 2.45) is 0 Å². The van der Waals surface area contributed by atoms with Gasteiger partial charge in [-0.1, -0.05) is 23.1 Å². The van der Waals surface area contributed by atoms with E-state index < -0.39 is 11.9 Å². The zero-order chi connectivity index (χ0) is 20.6. The van der Waals surface area contributed by atoms with E-state index in [0.29, 0.717) is 27.3 Å². The highest BCUT2D eigenvalue weighted by Gasteiger charge is 2.13. The molecule has 0 spiro atoms. The van der Waals surface area contributed by atoms with E-state index in [9.17, 15) is 14.4 Å². The maximum absolute atomic E-state index is 12.1. The number of benzene rings is 1. The van der Waals surface area contributed by atoms with Crippen molar-refractivity contribution >= 4 is 51.7 Å². The maximum Gasteiger partial charge on any atom is 0.338 e. The average Bonchev–Trinajstić information content (AvgIpc) is 3.39. The van der Waals surface area contributed by atoms with E-state index in [0.717, 1.165) is 11.3 Å². The van der Waals surface area contributed by atoms with Crippen LogP contribution in [0.15, 0.2) is 51.4 Å². The second-order valence-corrected chi connectivity index (χ2v) is 7.64. The molecule has 2 amide bonds. The number of anilines is 2. The topological polar surface area (TPSA) is 123 Å². The van der Waals surface area contributed by atoms with Crippen LogP contribution in [-0.4, -0.2) is 40.3 Å². The van der Waals surface area contributed by atoms with Gasteiger partial charge in [-0.2, -0.15) is 0 Å². The first-order valence-corrected chi connectivity index (χ1v) is 10.2. The lowest BCUT2D eigenvalue weighted by atomic mass is 10.2. The highest BCUT2D eigenvalue weighted by atomic mass is 32.2. The predicted octanol–water partition coefficient (Wildman–Crippen LogP) is 3.29. The summed E-state index contributed by atoms with van der Waals surface area (Å²) in [7, 11) is 0. The Balaban J connectivity index is 1.46. The first-order valence-electron chi connectivity index (χ1n) is 8.43. The Kier molecular flexibility index (Phi) is 6.98. The minimum absolute atomic E-state index is 0.111. The number of nitrogens with one attached hydrogen (secondary N) is 2. The van der Waals surface area contributed by atoms with Crippen LogP contribution in [0.4, 0.5) is 10.8 Å².